The third kappa shape index (κ3) is 2.48. The van der Waals surface area contributed by atoms with Gasteiger partial charge in [-0.2, -0.15) is 0 Å². The van der Waals surface area contributed by atoms with Crippen LogP contribution in [0.3, 0.4) is 0 Å². The number of ether oxygens (including phenoxy) is 1. The number of aryl methyl sites for hydroxylation is 1. The van der Waals surface area contributed by atoms with E-state index in [0.29, 0.717) is 5.75 Å². The van der Waals surface area contributed by atoms with Crippen LogP contribution in [0.2, 0.25) is 0 Å². The average Bonchev–Trinajstić information content (AvgIpc) is 2.69. The van der Waals surface area contributed by atoms with Gasteiger partial charge in [-0.3, -0.25) is 4.79 Å². The normalized spacial score (nSPS) is 19.2. The Labute approximate surface area is 107 Å². The van der Waals surface area contributed by atoms with Crippen LogP contribution < -0.4 is 4.74 Å². The Balaban J connectivity index is 2.09. The first-order valence-electron chi connectivity index (χ1n) is 6.17. The lowest BCUT2D eigenvalue weighted by Crippen LogP contribution is -2.35. The maximum Gasteiger partial charge on any atom is 0.262 e. The highest BCUT2D eigenvalue weighted by Crippen LogP contribution is 2.33. The van der Waals surface area contributed by atoms with Crippen LogP contribution in [-0.2, 0) is 11.2 Å². The van der Waals surface area contributed by atoms with Crippen LogP contribution in [0.5, 0.6) is 5.75 Å². The van der Waals surface area contributed by atoms with Gasteiger partial charge in [0.15, 0.2) is 6.10 Å². The van der Waals surface area contributed by atoms with Crippen molar-refractivity contribution in [3.05, 3.63) is 29.3 Å². The zero-order chi connectivity index (χ0) is 13.3. The van der Waals surface area contributed by atoms with Crippen LogP contribution >= 0.6 is 0 Å². The van der Waals surface area contributed by atoms with Crippen molar-refractivity contribution in [3.63, 3.8) is 0 Å². The second kappa shape index (κ2) is 4.98. The molecule has 1 aliphatic carbocycles. The number of likely N-dealkylation sites (N-methyl/N-ethyl adjacent to an activating group) is 1. The Morgan fingerprint density at radius 2 is 2.22 bits per heavy atom. The number of hydrogen-bond donors (Lipinski definition) is 1. The Morgan fingerprint density at radius 1 is 1.50 bits per heavy atom. The first-order valence-corrected chi connectivity index (χ1v) is 6.17. The lowest BCUT2D eigenvalue weighted by molar-refractivity contribution is -0.135. The van der Waals surface area contributed by atoms with Gasteiger partial charge in [0.1, 0.15) is 5.75 Å². The lowest BCUT2D eigenvalue weighted by atomic mass is 10.1. The van der Waals surface area contributed by atoms with Crippen LogP contribution in [-0.4, -0.2) is 36.1 Å². The predicted molar refractivity (Wildman–Crippen MR) is 68.5 cm³/mol. The van der Waals surface area contributed by atoms with Gasteiger partial charge in [0.2, 0.25) is 0 Å². The predicted octanol–water partition coefficient (Wildman–Crippen LogP) is 1.52. The number of aliphatic hydroxyl groups is 1. The molecule has 0 aromatic heterocycles. The van der Waals surface area contributed by atoms with Gasteiger partial charge >= 0.3 is 0 Å². The summed E-state index contributed by atoms with van der Waals surface area (Å²) in [4.78, 5) is 13.2. The number of fused-ring (bicyclic) bond motifs is 1. The number of nitrogens with zero attached hydrogens (tertiary/aromatic N) is 1. The van der Waals surface area contributed by atoms with Gasteiger partial charge in [-0.25, -0.2) is 0 Å². The van der Waals surface area contributed by atoms with Gasteiger partial charge in [0, 0.05) is 14.1 Å². The van der Waals surface area contributed by atoms with E-state index in [9.17, 15) is 9.90 Å². The summed E-state index contributed by atoms with van der Waals surface area (Å²) in [7, 11) is 3.42. The molecule has 0 heterocycles. The zero-order valence-electron chi connectivity index (χ0n) is 11.0. The number of carbonyl (C=O) groups is 1. The quantitative estimate of drug-likeness (QED) is 0.883. The van der Waals surface area contributed by atoms with E-state index in [1.54, 1.807) is 21.0 Å². The third-order valence-corrected chi connectivity index (χ3v) is 3.26. The standard InChI is InChI=1S/C14H19NO3/c1-9(14(17)15(2)3)18-11-5-6-12-10(8-11)4-7-13(12)16/h5-6,8-9,13,16H,4,7H2,1-3H3. The van der Waals surface area contributed by atoms with E-state index >= 15 is 0 Å². The molecule has 0 saturated heterocycles. The molecule has 1 aliphatic rings. The maximum absolute atomic E-state index is 11.7. The van der Waals surface area contributed by atoms with Gasteiger partial charge in [-0.15, -0.1) is 0 Å². The minimum atomic E-state index is -0.496. The smallest absolute Gasteiger partial charge is 0.262 e. The fourth-order valence-electron chi connectivity index (χ4n) is 2.26. The average molecular weight is 249 g/mol. The number of aliphatic hydroxyl groups excluding tert-OH is 1. The summed E-state index contributed by atoms with van der Waals surface area (Å²) in [5.41, 5.74) is 2.10. The molecule has 2 unspecified atom stereocenters. The Bertz CT molecular complexity index is 456. The summed E-state index contributed by atoms with van der Waals surface area (Å²) >= 11 is 0. The monoisotopic (exact) mass is 249 g/mol. The van der Waals surface area contributed by atoms with Gasteiger partial charge in [-0.05, 0) is 43.0 Å². The highest BCUT2D eigenvalue weighted by Gasteiger charge is 2.22. The van der Waals surface area contributed by atoms with Crippen LogP contribution in [0, 0.1) is 0 Å². The molecule has 1 N–H and O–H groups in total. The minimum absolute atomic E-state index is 0.0597. The van der Waals surface area contributed by atoms with E-state index < -0.39 is 6.10 Å². The summed E-state index contributed by atoms with van der Waals surface area (Å²) < 4.78 is 5.63. The number of carbonyl (C=O) groups excluding carboxylic acids is 1. The molecule has 1 aromatic carbocycles. The van der Waals surface area contributed by atoms with Crippen molar-refractivity contribution >= 4 is 5.91 Å². The molecular formula is C14H19NO3. The highest BCUT2D eigenvalue weighted by atomic mass is 16.5. The van der Waals surface area contributed by atoms with Crippen molar-refractivity contribution in [1.29, 1.82) is 0 Å². The van der Waals surface area contributed by atoms with Crippen molar-refractivity contribution in [2.75, 3.05) is 14.1 Å². The molecule has 0 aliphatic heterocycles. The highest BCUT2D eigenvalue weighted by molar-refractivity contribution is 5.80. The van der Waals surface area contributed by atoms with E-state index in [1.807, 2.05) is 18.2 Å². The lowest BCUT2D eigenvalue weighted by Gasteiger charge is -2.18. The van der Waals surface area contributed by atoms with Gasteiger partial charge < -0.3 is 14.7 Å². The molecular weight excluding hydrogens is 230 g/mol. The minimum Gasteiger partial charge on any atom is -0.481 e. The number of rotatable bonds is 3. The molecule has 2 rings (SSSR count). The Hall–Kier alpha value is -1.55. The molecule has 4 nitrogen and oxygen atoms in total. The van der Waals surface area contributed by atoms with Crippen LogP contribution in [0.4, 0.5) is 0 Å². The summed E-state index contributed by atoms with van der Waals surface area (Å²) in [6, 6.07) is 5.62. The van der Waals surface area contributed by atoms with Crippen molar-refractivity contribution in [2.24, 2.45) is 0 Å². The van der Waals surface area contributed by atoms with Crippen LogP contribution in [0.25, 0.3) is 0 Å². The Morgan fingerprint density at radius 3 is 2.89 bits per heavy atom. The molecule has 0 spiro atoms. The summed E-state index contributed by atoms with van der Waals surface area (Å²) in [6.45, 7) is 1.74. The van der Waals surface area contributed by atoms with E-state index in [2.05, 4.69) is 0 Å². The molecule has 18 heavy (non-hydrogen) atoms. The van der Waals surface area contributed by atoms with Crippen molar-refractivity contribution in [2.45, 2.75) is 32.0 Å². The van der Waals surface area contributed by atoms with Gasteiger partial charge in [0.25, 0.3) is 5.91 Å². The number of hydrogen-bond acceptors (Lipinski definition) is 3. The topological polar surface area (TPSA) is 49.8 Å². The molecule has 0 saturated carbocycles. The summed E-state index contributed by atoms with van der Waals surface area (Å²) in [5, 5.41) is 9.71. The number of amides is 1. The summed E-state index contributed by atoms with van der Waals surface area (Å²) in [5.74, 6) is 0.626. The Kier molecular flexibility index (Phi) is 3.57. The van der Waals surface area contributed by atoms with Gasteiger partial charge in [0.05, 0.1) is 6.10 Å². The zero-order valence-corrected chi connectivity index (χ0v) is 11.0. The van der Waals surface area contributed by atoms with Gasteiger partial charge in [-0.1, -0.05) is 6.07 Å². The van der Waals surface area contributed by atoms with Crippen LogP contribution in [0.15, 0.2) is 18.2 Å². The first-order chi connectivity index (χ1) is 8.49. The molecule has 1 aromatic rings. The van der Waals surface area contributed by atoms with Crippen molar-refractivity contribution < 1.29 is 14.6 Å². The molecule has 0 bridgehead atoms. The largest absolute Gasteiger partial charge is 0.481 e. The molecule has 2 atom stereocenters. The van der Waals surface area contributed by atoms with E-state index in [-0.39, 0.29) is 12.0 Å². The molecule has 0 fully saturated rings. The molecule has 98 valence electrons. The summed E-state index contributed by atoms with van der Waals surface area (Å²) in [6.07, 6.45) is 0.786. The fourth-order valence-corrected chi connectivity index (χ4v) is 2.26. The third-order valence-electron chi connectivity index (χ3n) is 3.26. The fraction of sp³-hybridized carbons (Fsp3) is 0.500. The molecule has 0 radical (unpaired) electrons. The molecule has 4 heteroatoms. The van der Waals surface area contributed by atoms with Crippen molar-refractivity contribution in [3.8, 4) is 5.75 Å². The van der Waals surface area contributed by atoms with Crippen molar-refractivity contribution in [1.82, 2.24) is 4.90 Å². The second-order valence-corrected chi connectivity index (χ2v) is 4.91. The van der Waals surface area contributed by atoms with E-state index in [0.717, 1.165) is 24.0 Å². The van der Waals surface area contributed by atoms with Crippen LogP contribution in [0.1, 0.15) is 30.6 Å². The van der Waals surface area contributed by atoms with E-state index in [1.165, 1.54) is 4.90 Å². The molecule has 1 amide bonds. The number of benzene rings is 1. The second-order valence-electron chi connectivity index (χ2n) is 4.91. The maximum atomic E-state index is 11.7. The first kappa shape index (κ1) is 12.9. The SMILES string of the molecule is CC(Oc1ccc2c(c1)CCC2O)C(=O)N(C)C. The van der Waals surface area contributed by atoms with E-state index in [4.69, 9.17) is 4.74 Å².